The standard InChI is InChI=1S/C14H27N3O/c1-11(2)17-8-6-12(10-17)9-16-14(18)13-5-3-4-7-15-13/h11-13,15H,3-10H2,1-2H3,(H,16,18)/t12?,13-/m0/s1. The van der Waals surface area contributed by atoms with Crippen LogP contribution in [0.4, 0.5) is 0 Å². The van der Waals surface area contributed by atoms with Crippen LogP contribution in [0.5, 0.6) is 0 Å². The van der Waals surface area contributed by atoms with Gasteiger partial charge in [-0.2, -0.15) is 0 Å². The molecule has 2 saturated heterocycles. The van der Waals surface area contributed by atoms with Gasteiger partial charge in [0.2, 0.25) is 5.91 Å². The van der Waals surface area contributed by atoms with Crippen molar-refractivity contribution in [3.63, 3.8) is 0 Å². The first-order valence-electron chi connectivity index (χ1n) is 7.42. The fourth-order valence-electron chi connectivity index (χ4n) is 2.94. The first-order valence-corrected chi connectivity index (χ1v) is 7.42. The summed E-state index contributed by atoms with van der Waals surface area (Å²) in [5.41, 5.74) is 0. The number of carbonyl (C=O) groups is 1. The number of hydrogen-bond donors (Lipinski definition) is 2. The lowest BCUT2D eigenvalue weighted by atomic mass is 10.0. The zero-order valence-corrected chi connectivity index (χ0v) is 11.7. The largest absolute Gasteiger partial charge is 0.354 e. The van der Waals surface area contributed by atoms with Gasteiger partial charge in [0.15, 0.2) is 0 Å². The predicted molar refractivity (Wildman–Crippen MR) is 73.5 cm³/mol. The van der Waals surface area contributed by atoms with E-state index >= 15 is 0 Å². The minimum absolute atomic E-state index is 0.0568. The van der Waals surface area contributed by atoms with Crippen molar-refractivity contribution < 1.29 is 4.79 Å². The van der Waals surface area contributed by atoms with E-state index in [9.17, 15) is 4.79 Å². The topological polar surface area (TPSA) is 44.4 Å². The first-order chi connectivity index (χ1) is 8.66. The van der Waals surface area contributed by atoms with Crippen LogP contribution in [-0.4, -0.2) is 49.1 Å². The zero-order chi connectivity index (χ0) is 13.0. The fourth-order valence-corrected chi connectivity index (χ4v) is 2.94. The lowest BCUT2D eigenvalue weighted by Gasteiger charge is -2.24. The van der Waals surface area contributed by atoms with Gasteiger partial charge in [-0.25, -0.2) is 0 Å². The summed E-state index contributed by atoms with van der Waals surface area (Å²) in [7, 11) is 0. The minimum Gasteiger partial charge on any atom is -0.354 e. The van der Waals surface area contributed by atoms with E-state index in [2.05, 4.69) is 29.4 Å². The molecule has 104 valence electrons. The van der Waals surface area contributed by atoms with E-state index in [1.54, 1.807) is 0 Å². The molecule has 0 aromatic heterocycles. The number of carbonyl (C=O) groups excluding carboxylic acids is 1. The summed E-state index contributed by atoms with van der Waals surface area (Å²) >= 11 is 0. The number of piperidine rings is 1. The molecule has 2 heterocycles. The second-order valence-electron chi connectivity index (χ2n) is 5.99. The quantitative estimate of drug-likeness (QED) is 0.785. The average Bonchev–Trinajstić information content (AvgIpc) is 2.86. The maximum Gasteiger partial charge on any atom is 0.237 e. The SMILES string of the molecule is CC(C)N1CCC(CNC(=O)[C@@H]2CCCCN2)C1. The van der Waals surface area contributed by atoms with Gasteiger partial charge >= 0.3 is 0 Å². The molecule has 18 heavy (non-hydrogen) atoms. The molecule has 4 nitrogen and oxygen atoms in total. The second-order valence-corrected chi connectivity index (χ2v) is 5.99. The van der Waals surface area contributed by atoms with Gasteiger partial charge in [-0.05, 0) is 52.1 Å². The van der Waals surface area contributed by atoms with E-state index in [-0.39, 0.29) is 11.9 Å². The maximum absolute atomic E-state index is 12.0. The van der Waals surface area contributed by atoms with E-state index in [1.165, 1.54) is 25.8 Å². The molecule has 4 heteroatoms. The molecule has 0 spiro atoms. The molecule has 0 saturated carbocycles. The Kier molecular flexibility index (Phi) is 5.01. The summed E-state index contributed by atoms with van der Waals surface area (Å²) in [5, 5.41) is 6.42. The number of likely N-dealkylation sites (tertiary alicyclic amines) is 1. The van der Waals surface area contributed by atoms with Gasteiger partial charge < -0.3 is 15.5 Å². The third kappa shape index (κ3) is 3.69. The maximum atomic E-state index is 12.0. The summed E-state index contributed by atoms with van der Waals surface area (Å²) in [6, 6.07) is 0.687. The molecule has 1 unspecified atom stereocenters. The van der Waals surface area contributed by atoms with Crippen molar-refractivity contribution >= 4 is 5.91 Å². The van der Waals surface area contributed by atoms with Gasteiger partial charge in [0.25, 0.3) is 0 Å². The van der Waals surface area contributed by atoms with E-state index in [0.717, 1.165) is 26.1 Å². The van der Waals surface area contributed by atoms with Crippen molar-refractivity contribution in [1.82, 2.24) is 15.5 Å². The van der Waals surface area contributed by atoms with Crippen LogP contribution >= 0.6 is 0 Å². The third-order valence-corrected chi connectivity index (χ3v) is 4.24. The Morgan fingerprint density at radius 3 is 2.83 bits per heavy atom. The molecule has 2 fully saturated rings. The fraction of sp³-hybridized carbons (Fsp3) is 0.929. The molecule has 0 aromatic carbocycles. The highest BCUT2D eigenvalue weighted by Gasteiger charge is 2.26. The Morgan fingerprint density at radius 2 is 2.22 bits per heavy atom. The van der Waals surface area contributed by atoms with E-state index in [4.69, 9.17) is 0 Å². The molecule has 2 atom stereocenters. The third-order valence-electron chi connectivity index (χ3n) is 4.24. The Labute approximate surface area is 110 Å². The monoisotopic (exact) mass is 253 g/mol. The van der Waals surface area contributed by atoms with Crippen LogP contribution in [0.3, 0.4) is 0 Å². The molecule has 2 N–H and O–H groups in total. The summed E-state index contributed by atoms with van der Waals surface area (Å²) in [5.74, 6) is 0.845. The lowest BCUT2D eigenvalue weighted by molar-refractivity contribution is -0.123. The van der Waals surface area contributed by atoms with Gasteiger partial charge in [-0.1, -0.05) is 6.42 Å². The summed E-state index contributed by atoms with van der Waals surface area (Å²) in [4.78, 5) is 14.5. The average molecular weight is 253 g/mol. The molecule has 2 aliphatic rings. The molecule has 1 amide bonds. The molecular formula is C14H27N3O. The number of nitrogens with zero attached hydrogens (tertiary/aromatic N) is 1. The second kappa shape index (κ2) is 6.53. The van der Waals surface area contributed by atoms with Gasteiger partial charge in [0.1, 0.15) is 0 Å². The van der Waals surface area contributed by atoms with Crippen LogP contribution in [0.25, 0.3) is 0 Å². The van der Waals surface area contributed by atoms with Crippen LogP contribution in [0, 0.1) is 5.92 Å². The number of hydrogen-bond acceptors (Lipinski definition) is 3. The number of amides is 1. The lowest BCUT2D eigenvalue weighted by Crippen LogP contribution is -2.47. The van der Waals surface area contributed by atoms with Crippen molar-refractivity contribution in [2.24, 2.45) is 5.92 Å². The van der Waals surface area contributed by atoms with Crippen LogP contribution in [-0.2, 0) is 4.79 Å². The van der Waals surface area contributed by atoms with E-state index < -0.39 is 0 Å². The molecule has 0 bridgehead atoms. The van der Waals surface area contributed by atoms with Gasteiger partial charge in [-0.3, -0.25) is 4.79 Å². The smallest absolute Gasteiger partial charge is 0.237 e. The molecular weight excluding hydrogens is 226 g/mol. The Bertz CT molecular complexity index is 274. The van der Waals surface area contributed by atoms with Crippen molar-refractivity contribution in [2.45, 2.75) is 51.6 Å². The zero-order valence-electron chi connectivity index (χ0n) is 11.7. The number of rotatable bonds is 4. The van der Waals surface area contributed by atoms with Crippen LogP contribution in [0.2, 0.25) is 0 Å². The van der Waals surface area contributed by atoms with Crippen molar-refractivity contribution in [3.05, 3.63) is 0 Å². The normalized spacial score (nSPS) is 29.7. The number of nitrogens with one attached hydrogen (secondary N) is 2. The highest BCUT2D eigenvalue weighted by Crippen LogP contribution is 2.17. The van der Waals surface area contributed by atoms with Crippen molar-refractivity contribution in [3.8, 4) is 0 Å². The van der Waals surface area contributed by atoms with E-state index in [0.29, 0.717) is 12.0 Å². The Morgan fingerprint density at radius 1 is 1.39 bits per heavy atom. The summed E-state index contributed by atoms with van der Waals surface area (Å²) in [6.07, 6.45) is 4.59. The molecule has 0 aromatic rings. The van der Waals surface area contributed by atoms with Crippen LogP contribution in [0.15, 0.2) is 0 Å². The molecule has 0 aliphatic carbocycles. The van der Waals surface area contributed by atoms with Crippen LogP contribution < -0.4 is 10.6 Å². The van der Waals surface area contributed by atoms with E-state index in [1.807, 2.05) is 0 Å². The van der Waals surface area contributed by atoms with Gasteiger partial charge in [-0.15, -0.1) is 0 Å². The molecule has 2 aliphatic heterocycles. The molecule has 2 rings (SSSR count). The van der Waals surface area contributed by atoms with Crippen molar-refractivity contribution in [1.29, 1.82) is 0 Å². The van der Waals surface area contributed by atoms with Crippen LogP contribution in [0.1, 0.15) is 39.5 Å². The Balaban J connectivity index is 1.67. The summed E-state index contributed by atoms with van der Waals surface area (Å²) < 4.78 is 0. The highest BCUT2D eigenvalue weighted by atomic mass is 16.2. The summed E-state index contributed by atoms with van der Waals surface area (Å²) in [6.45, 7) is 8.64. The minimum atomic E-state index is 0.0568. The first kappa shape index (κ1) is 13.8. The van der Waals surface area contributed by atoms with Gasteiger partial charge in [0, 0.05) is 19.1 Å². The van der Waals surface area contributed by atoms with Crippen molar-refractivity contribution in [2.75, 3.05) is 26.2 Å². The predicted octanol–water partition coefficient (Wildman–Crippen LogP) is 0.975. The van der Waals surface area contributed by atoms with Gasteiger partial charge in [0.05, 0.1) is 6.04 Å². The Hall–Kier alpha value is -0.610. The highest BCUT2D eigenvalue weighted by molar-refractivity contribution is 5.81. The molecule has 0 radical (unpaired) electrons.